The Balaban J connectivity index is 1.67. The van der Waals surface area contributed by atoms with Gasteiger partial charge in [-0.05, 0) is 45.4 Å². The van der Waals surface area contributed by atoms with Crippen LogP contribution in [0.4, 0.5) is 4.79 Å². The molecule has 1 aliphatic carbocycles. The molecule has 2 saturated heterocycles. The number of carboxylic acid groups (broad SMARTS) is 1. The minimum atomic E-state index is -1.69. The molecule has 1 saturated carbocycles. The smallest absolute Gasteiger partial charge is 0.405 e. The van der Waals surface area contributed by atoms with Gasteiger partial charge in [0.1, 0.15) is 17.7 Å². The van der Waals surface area contributed by atoms with Gasteiger partial charge in [0, 0.05) is 26.2 Å². The number of carbonyl (C=O) groups is 4. The second-order valence-electron chi connectivity index (χ2n) is 12.7. The molecule has 240 valence electrons. The number of ether oxygens (including phenoxy) is 1. The summed E-state index contributed by atoms with van der Waals surface area (Å²) in [5.41, 5.74) is 3.14. The van der Waals surface area contributed by atoms with E-state index in [0.717, 1.165) is 32.1 Å². The van der Waals surface area contributed by atoms with E-state index in [4.69, 9.17) is 10.5 Å². The third-order valence-electron chi connectivity index (χ3n) is 9.07. The Morgan fingerprint density at radius 1 is 1.16 bits per heavy atom. The first-order chi connectivity index (χ1) is 20.3. The van der Waals surface area contributed by atoms with Crippen LogP contribution in [0.3, 0.4) is 0 Å². The summed E-state index contributed by atoms with van der Waals surface area (Å²) in [7, 11) is 0. The van der Waals surface area contributed by atoms with Gasteiger partial charge in [0.15, 0.2) is 6.10 Å². The molecule has 5 atom stereocenters. The highest BCUT2D eigenvalue weighted by Crippen LogP contribution is 2.34. The van der Waals surface area contributed by atoms with E-state index in [0.29, 0.717) is 25.1 Å². The molecule has 3 fully saturated rings. The highest BCUT2D eigenvalue weighted by molar-refractivity contribution is 5.92. The van der Waals surface area contributed by atoms with Crippen molar-refractivity contribution in [3.8, 4) is 0 Å². The lowest BCUT2D eigenvalue weighted by molar-refractivity contribution is -0.143. The van der Waals surface area contributed by atoms with Gasteiger partial charge >= 0.3 is 6.09 Å². The number of hydrogen-bond donors (Lipinski definition) is 6. The summed E-state index contributed by atoms with van der Waals surface area (Å²) in [6, 6.07) is -2.74. The summed E-state index contributed by atoms with van der Waals surface area (Å²) in [6.45, 7) is 3.71. The number of hydrogen-bond acceptors (Lipinski definition) is 9. The van der Waals surface area contributed by atoms with Crippen LogP contribution in [0.15, 0.2) is 6.20 Å². The third kappa shape index (κ3) is 7.62. The van der Waals surface area contributed by atoms with Crippen molar-refractivity contribution in [2.45, 2.75) is 113 Å². The summed E-state index contributed by atoms with van der Waals surface area (Å²) < 4.78 is 7.00. The normalized spacial score (nSPS) is 26.7. The largest absolute Gasteiger partial charge is 0.465 e. The molecule has 15 nitrogen and oxygen atoms in total. The number of aromatic nitrogens is 3. The standard InChI is InChI=1S/C28H45N7O8/c1-27(2,42)21-15-30-33-35(21)18-14-20(24(38)32-28(22(36)23(29)37)9-6-11-43-12-10-28)34(16-18)25(39)19(31-26(40)41)13-17-7-4-3-5-8-17/h15,17-20,22,31,36,42H,3-14,16H2,1-2H3,(H2,29,37)(H,32,38)(H,40,41)/t18-,19+,20-,22?,28?/m0/s1. The number of primary amides is 1. The van der Waals surface area contributed by atoms with Gasteiger partial charge in [-0.15, -0.1) is 5.10 Å². The van der Waals surface area contributed by atoms with Crippen LogP contribution in [0.2, 0.25) is 0 Å². The molecule has 0 radical (unpaired) electrons. The molecule has 0 bridgehead atoms. The van der Waals surface area contributed by atoms with E-state index in [2.05, 4.69) is 20.9 Å². The minimum Gasteiger partial charge on any atom is -0.465 e. The van der Waals surface area contributed by atoms with Crippen LogP contribution in [0.5, 0.6) is 0 Å². The number of nitrogens with two attached hydrogens (primary N) is 1. The van der Waals surface area contributed by atoms with E-state index in [1.807, 2.05) is 0 Å². The van der Waals surface area contributed by atoms with E-state index in [1.54, 1.807) is 13.8 Å². The second-order valence-corrected chi connectivity index (χ2v) is 12.7. The average Bonchev–Trinajstić information content (AvgIpc) is 3.56. The second kappa shape index (κ2) is 13.6. The van der Waals surface area contributed by atoms with E-state index in [1.165, 1.54) is 15.8 Å². The van der Waals surface area contributed by atoms with Crippen LogP contribution in [0, 0.1) is 5.92 Å². The van der Waals surface area contributed by atoms with Crippen molar-refractivity contribution in [2.75, 3.05) is 19.8 Å². The molecule has 15 heteroatoms. The maximum absolute atomic E-state index is 14.1. The van der Waals surface area contributed by atoms with Crippen molar-refractivity contribution in [3.05, 3.63) is 11.9 Å². The van der Waals surface area contributed by atoms with E-state index in [-0.39, 0.29) is 38.3 Å². The number of amides is 4. The van der Waals surface area contributed by atoms with Crippen molar-refractivity contribution in [3.63, 3.8) is 0 Å². The first-order valence-electron chi connectivity index (χ1n) is 15.1. The van der Waals surface area contributed by atoms with Crippen LogP contribution < -0.4 is 16.4 Å². The first-order valence-corrected chi connectivity index (χ1v) is 15.1. The quantitative estimate of drug-likeness (QED) is 0.211. The van der Waals surface area contributed by atoms with Crippen molar-refractivity contribution >= 4 is 23.8 Å². The molecular formula is C28H45N7O8. The lowest BCUT2D eigenvalue weighted by atomic mass is 9.83. The van der Waals surface area contributed by atoms with Gasteiger partial charge in [0.05, 0.1) is 23.5 Å². The number of nitrogens with zero attached hydrogens (tertiary/aromatic N) is 4. The fraction of sp³-hybridized carbons (Fsp3) is 0.786. The Kier molecular flexibility index (Phi) is 10.3. The molecular weight excluding hydrogens is 562 g/mol. The van der Waals surface area contributed by atoms with Gasteiger partial charge in [0.2, 0.25) is 17.7 Å². The maximum Gasteiger partial charge on any atom is 0.405 e. The van der Waals surface area contributed by atoms with Crippen LogP contribution in [0.1, 0.15) is 89.8 Å². The molecule has 2 unspecified atom stereocenters. The Labute approximate surface area is 250 Å². The molecule has 1 aromatic rings. The van der Waals surface area contributed by atoms with Gasteiger partial charge < -0.3 is 41.3 Å². The summed E-state index contributed by atoms with van der Waals surface area (Å²) in [5.74, 6) is -1.99. The highest BCUT2D eigenvalue weighted by atomic mass is 16.5. The number of nitrogens with one attached hydrogen (secondary N) is 2. The number of aliphatic hydroxyl groups excluding tert-OH is 1. The van der Waals surface area contributed by atoms with E-state index < -0.39 is 59.2 Å². The third-order valence-corrected chi connectivity index (χ3v) is 9.07. The molecule has 1 aromatic heterocycles. The van der Waals surface area contributed by atoms with Gasteiger partial charge in [-0.2, -0.15) is 0 Å². The Morgan fingerprint density at radius 2 is 1.88 bits per heavy atom. The SMILES string of the molecule is CC(C)(O)c1cnnn1[C@H]1C[C@@H](C(=O)NC2(C(O)C(N)=O)CCCOCC2)N(C(=O)[C@@H](CC2CCCCC2)NC(=O)O)C1. The van der Waals surface area contributed by atoms with Gasteiger partial charge in [-0.3, -0.25) is 14.4 Å². The highest BCUT2D eigenvalue weighted by Gasteiger charge is 2.49. The number of aliphatic hydroxyl groups is 2. The molecule has 2 aliphatic heterocycles. The van der Waals surface area contributed by atoms with Crippen LogP contribution >= 0.6 is 0 Å². The molecule has 3 heterocycles. The van der Waals surface area contributed by atoms with Gasteiger partial charge in [-0.25, -0.2) is 9.48 Å². The maximum atomic E-state index is 14.1. The fourth-order valence-electron chi connectivity index (χ4n) is 6.80. The zero-order valence-corrected chi connectivity index (χ0v) is 24.9. The summed E-state index contributed by atoms with van der Waals surface area (Å²) in [6.07, 6.45) is 4.48. The zero-order valence-electron chi connectivity index (χ0n) is 24.9. The predicted octanol–water partition coefficient (Wildman–Crippen LogP) is 0.156. The first kappa shape index (κ1) is 32.6. The van der Waals surface area contributed by atoms with Crippen LogP contribution in [-0.2, 0) is 24.7 Å². The van der Waals surface area contributed by atoms with Crippen molar-refractivity contribution in [1.29, 1.82) is 0 Å². The van der Waals surface area contributed by atoms with Crippen molar-refractivity contribution in [1.82, 2.24) is 30.5 Å². The zero-order chi connectivity index (χ0) is 31.4. The van der Waals surface area contributed by atoms with Crippen molar-refractivity contribution in [2.24, 2.45) is 11.7 Å². The van der Waals surface area contributed by atoms with E-state index >= 15 is 0 Å². The lowest BCUT2D eigenvalue weighted by Gasteiger charge is -2.38. The summed E-state index contributed by atoms with van der Waals surface area (Å²) in [4.78, 5) is 53.4. The predicted molar refractivity (Wildman–Crippen MR) is 151 cm³/mol. The average molecular weight is 608 g/mol. The molecule has 7 N–H and O–H groups in total. The van der Waals surface area contributed by atoms with Crippen LogP contribution in [0.25, 0.3) is 0 Å². The minimum absolute atomic E-state index is 0.000307. The Bertz CT molecular complexity index is 1150. The van der Waals surface area contributed by atoms with Crippen molar-refractivity contribution < 1.29 is 39.2 Å². The molecule has 4 amide bonds. The van der Waals surface area contributed by atoms with Gasteiger partial charge in [0.25, 0.3) is 0 Å². The number of likely N-dealkylation sites (tertiary alicyclic amines) is 1. The molecule has 4 rings (SSSR count). The fourth-order valence-corrected chi connectivity index (χ4v) is 6.80. The molecule has 43 heavy (non-hydrogen) atoms. The monoisotopic (exact) mass is 607 g/mol. The number of carbonyl (C=O) groups excluding carboxylic acids is 3. The Hall–Kier alpha value is -3.30. The van der Waals surface area contributed by atoms with Gasteiger partial charge in [-0.1, -0.05) is 37.3 Å². The molecule has 3 aliphatic rings. The lowest BCUT2D eigenvalue weighted by Crippen LogP contribution is -2.64. The van der Waals surface area contributed by atoms with E-state index in [9.17, 15) is 34.5 Å². The molecule has 0 aromatic carbocycles. The Morgan fingerprint density at radius 3 is 2.53 bits per heavy atom. The number of rotatable bonds is 10. The summed E-state index contributed by atoms with van der Waals surface area (Å²) in [5, 5.41) is 44.5. The molecule has 0 spiro atoms. The summed E-state index contributed by atoms with van der Waals surface area (Å²) >= 11 is 0. The topological polar surface area (TPSA) is 222 Å². The van der Waals surface area contributed by atoms with Crippen LogP contribution in [-0.4, -0.2) is 103 Å².